The highest BCUT2D eigenvalue weighted by molar-refractivity contribution is 5.85. The van der Waals surface area contributed by atoms with Gasteiger partial charge in [-0.1, -0.05) is 0 Å². The summed E-state index contributed by atoms with van der Waals surface area (Å²) in [5, 5.41) is 0. The van der Waals surface area contributed by atoms with Crippen LogP contribution in [0.5, 0.6) is 0 Å². The average Bonchev–Trinajstić information content (AvgIpc) is 2.43. The summed E-state index contributed by atoms with van der Waals surface area (Å²) in [5.74, 6) is 1.54. The predicted molar refractivity (Wildman–Crippen MR) is 44.2 cm³/mol. The van der Waals surface area contributed by atoms with Crippen LogP contribution in [0, 0.1) is 11.8 Å². The molecule has 2 atom stereocenters. The van der Waals surface area contributed by atoms with Gasteiger partial charge in [-0.05, 0) is 31.3 Å². The Bertz CT molecular complexity index is 62.0. The Morgan fingerprint density at radius 3 is 1.44 bits per heavy atom. The molecule has 0 aromatic heterocycles. The molecule has 1 rings (SSSR count). The molecule has 1 saturated carbocycles. The summed E-state index contributed by atoms with van der Waals surface area (Å²) in [4.78, 5) is 0. The van der Waals surface area contributed by atoms with E-state index in [1.165, 1.54) is 6.42 Å². The lowest BCUT2D eigenvalue weighted by molar-refractivity contribution is 0.715. The quantitative estimate of drug-likeness (QED) is 0.634. The first kappa shape index (κ1) is 12.2. The fourth-order valence-corrected chi connectivity index (χ4v) is 0.888. The van der Waals surface area contributed by atoms with Gasteiger partial charge < -0.3 is 11.5 Å². The van der Waals surface area contributed by atoms with Crippen molar-refractivity contribution in [2.24, 2.45) is 23.3 Å². The molecular weight excluding hydrogens is 159 g/mol. The molecular formula is C5H14Cl2N2. The summed E-state index contributed by atoms with van der Waals surface area (Å²) in [6.07, 6.45) is 1.27. The molecule has 4 heteroatoms. The van der Waals surface area contributed by atoms with E-state index in [0.29, 0.717) is 0 Å². The van der Waals surface area contributed by atoms with Crippen molar-refractivity contribution in [1.29, 1.82) is 0 Å². The molecule has 1 aliphatic carbocycles. The van der Waals surface area contributed by atoms with Crippen molar-refractivity contribution in [1.82, 2.24) is 0 Å². The van der Waals surface area contributed by atoms with Gasteiger partial charge in [-0.3, -0.25) is 0 Å². The van der Waals surface area contributed by atoms with Crippen molar-refractivity contribution in [3.8, 4) is 0 Å². The Hall–Kier alpha value is 0.500. The molecule has 0 radical (unpaired) electrons. The van der Waals surface area contributed by atoms with E-state index in [4.69, 9.17) is 11.5 Å². The van der Waals surface area contributed by atoms with Crippen LogP contribution in [0.15, 0.2) is 0 Å². The van der Waals surface area contributed by atoms with E-state index < -0.39 is 0 Å². The minimum absolute atomic E-state index is 0. The van der Waals surface area contributed by atoms with Crippen LogP contribution in [0.2, 0.25) is 0 Å². The van der Waals surface area contributed by atoms with Crippen LogP contribution in [0.25, 0.3) is 0 Å². The second-order valence-corrected chi connectivity index (χ2v) is 2.23. The SMILES string of the molecule is Cl.Cl.NC[C@@H]1C[C@@H]1CN. The second-order valence-electron chi connectivity index (χ2n) is 2.23. The summed E-state index contributed by atoms with van der Waals surface area (Å²) in [5.41, 5.74) is 10.7. The molecule has 58 valence electrons. The van der Waals surface area contributed by atoms with E-state index in [1.807, 2.05) is 0 Å². The Morgan fingerprint density at radius 1 is 1.00 bits per heavy atom. The Morgan fingerprint density at radius 2 is 1.33 bits per heavy atom. The van der Waals surface area contributed by atoms with Crippen molar-refractivity contribution >= 4 is 24.8 Å². The number of hydrogen-bond acceptors (Lipinski definition) is 2. The first-order valence-corrected chi connectivity index (χ1v) is 2.78. The third kappa shape index (κ3) is 3.26. The van der Waals surface area contributed by atoms with Gasteiger partial charge in [0.15, 0.2) is 0 Å². The molecule has 1 aliphatic rings. The molecule has 2 nitrogen and oxygen atoms in total. The van der Waals surface area contributed by atoms with Crippen LogP contribution in [0.4, 0.5) is 0 Å². The van der Waals surface area contributed by atoms with Crippen LogP contribution in [0.3, 0.4) is 0 Å². The van der Waals surface area contributed by atoms with Gasteiger partial charge in [-0.2, -0.15) is 0 Å². The zero-order valence-corrected chi connectivity index (χ0v) is 6.88. The molecule has 0 bridgehead atoms. The Kier molecular flexibility index (Phi) is 7.18. The summed E-state index contributed by atoms with van der Waals surface area (Å²) in [6.45, 7) is 1.67. The van der Waals surface area contributed by atoms with Crippen molar-refractivity contribution < 1.29 is 0 Å². The van der Waals surface area contributed by atoms with E-state index in [1.54, 1.807) is 0 Å². The molecule has 0 spiro atoms. The summed E-state index contributed by atoms with van der Waals surface area (Å²) in [7, 11) is 0. The average molecular weight is 173 g/mol. The second kappa shape index (κ2) is 5.30. The van der Waals surface area contributed by atoms with Gasteiger partial charge in [0.1, 0.15) is 0 Å². The van der Waals surface area contributed by atoms with Crippen LogP contribution in [-0.4, -0.2) is 13.1 Å². The summed E-state index contributed by atoms with van der Waals surface area (Å²) < 4.78 is 0. The number of halogens is 2. The minimum Gasteiger partial charge on any atom is -0.330 e. The topological polar surface area (TPSA) is 52.0 Å². The van der Waals surface area contributed by atoms with Crippen LogP contribution in [0.1, 0.15) is 6.42 Å². The van der Waals surface area contributed by atoms with E-state index >= 15 is 0 Å². The zero-order chi connectivity index (χ0) is 5.28. The third-order valence-electron chi connectivity index (χ3n) is 1.67. The van der Waals surface area contributed by atoms with Crippen molar-refractivity contribution in [3.05, 3.63) is 0 Å². The standard InChI is InChI=1S/C5H12N2.2ClH/c6-2-4-1-5(4)3-7;;/h4-5H,1-3,6-7H2;2*1H/t4-,5+;;. The lowest BCUT2D eigenvalue weighted by Crippen LogP contribution is -2.08. The molecule has 9 heavy (non-hydrogen) atoms. The lowest BCUT2D eigenvalue weighted by atomic mass is 10.3. The fraction of sp³-hybridized carbons (Fsp3) is 1.00. The van der Waals surface area contributed by atoms with Crippen LogP contribution >= 0.6 is 24.8 Å². The normalized spacial score (nSPS) is 30.0. The highest BCUT2D eigenvalue weighted by atomic mass is 35.5. The highest BCUT2D eigenvalue weighted by Crippen LogP contribution is 2.35. The molecule has 4 N–H and O–H groups in total. The molecule has 1 fully saturated rings. The van der Waals surface area contributed by atoms with Crippen molar-refractivity contribution in [2.45, 2.75) is 6.42 Å². The number of nitrogens with two attached hydrogens (primary N) is 2. The summed E-state index contributed by atoms with van der Waals surface area (Å²) in [6, 6.07) is 0. The number of hydrogen-bond donors (Lipinski definition) is 2. The van der Waals surface area contributed by atoms with E-state index in [0.717, 1.165) is 24.9 Å². The van der Waals surface area contributed by atoms with Gasteiger partial charge in [-0.15, -0.1) is 24.8 Å². The van der Waals surface area contributed by atoms with Crippen molar-refractivity contribution in [2.75, 3.05) is 13.1 Å². The first-order valence-electron chi connectivity index (χ1n) is 2.78. The van der Waals surface area contributed by atoms with Crippen molar-refractivity contribution in [3.63, 3.8) is 0 Å². The first-order chi connectivity index (χ1) is 3.38. The van der Waals surface area contributed by atoms with Crippen LogP contribution < -0.4 is 11.5 Å². The number of rotatable bonds is 2. The van der Waals surface area contributed by atoms with E-state index in [-0.39, 0.29) is 24.8 Å². The Labute approximate surface area is 68.2 Å². The van der Waals surface area contributed by atoms with Gasteiger partial charge in [0, 0.05) is 0 Å². The van der Waals surface area contributed by atoms with Gasteiger partial charge in [0.05, 0.1) is 0 Å². The molecule has 0 aromatic carbocycles. The monoisotopic (exact) mass is 172 g/mol. The van der Waals surface area contributed by atoms with E-state index in [2.05, 4.69) is 0 Å². The minimum atomic E-state index is 0. The van der Waals surface area contributed by atoms with E-state index in [9.17, 15) is 0 Å². The lowest BCUT2D eigenvalue weighted by Gasteiger charge is -1.86. The smallest absolute Gasteiger partial charge is 0.00456 e. The molecule has 0 heterocycles. The maximum atomic E-state index is 5.34. The van der Waals surface area contributed by atoms with Gasteiger partial charge >= 0.3 is 0 Å². The van der Waals surface area contributed by atoms with Gasteiger partial charge in [0.2, 0.25) is 0 Å². The largest absolute Gasteiger partial charge is 0.330 e. The predicted octanol–water partition coefficient (Wildman–Crippen LogP) is 0.384. The Balaban J connectivity index is 0. The third-order valence-corrected chi connectivity index (χ3v) is 1.67. The fourth-order valence-electron chi connectivity index (χ4n) is 0.888. The zero-order valence-electron chi connectivity index (χ0n) is 5.25. The molecule has 0 aromatic rings. The molecule has 0 amide bonds. The molecule has 0 aliphatic heterocycles. The van der Waals surface area contributed by atoms with Crippen LogP contribution in [-0.2, 0) is 0 Å². The van der Waals surface area contributed by atoms with Gasteiger partial charge in [-0.25, -0.2) is 0 Å². The maximum absolute atomic E-state index is 5.34. The van der Waals surface area contributed by atoms with Gasteiger partial charge in [0.25, 0.3) is 0 Å². The maximum Gasteiger partial charge on any atom is -0.00456 e. The molecule has 0 unspecified atom stereocenters. The summed E-state index contributed by atoms with van der Waals surface area (Å²) >= 11 is 0. The highest BCUT2D eigenvalue weighted by Gasteiger charge is 2.33. The molecule has 0 saturated heterocycles.